The Kier molecular flexibility index (Phi) is 3.62. The Morgan fingerprint density at radius 3 is 2.87 bits per heavy atom. The summed E-state index contributed by atoms with van der Waals surface area (Å²) in [6.07, 6.45) is 1.04. The number of carbonyl (C=O) groups is 1. The smallest absolute Gasteiger partial charge is 0.253 e. The third kappa shape index (κ3) is 2.75. The highest BCUT2D eigenvalue weighted by Crippen LogP contribution is 2.29. The van der Waals surface area contributed by atoms with E-state index in [0.717, 1.165) is 40.3 Å². The van der Waals surface area contributed by atoms with Crippen molar-refractivity contribution in [2.24, 2.45) is 0 Å². The second-order valence-electron chi connectivity index (χ2n) is 6.06. The number of benzene rings is 2. The lowest BCUT2D eigenvalue weighted by atomic mass is 9.99. The molecule has 23 heavy (non-hydrogen) atoms. The summed E-state index contributed by atoms with van der Waals surface area (Å²) in [4.78, 5) is 19.2. The first-order valence-electron chi connectivity index (χ1n) is 7.92. The van der Waals surface area contributed by atoms with Crippen molar-refractivity contribution in [3.8, 4) is 0 Å². The summed E-state index contributed by atoms with van der Waals surface area (Å²) in [5.41, 5.74) is 3.08. The van der Waals surface area contributed by atoms with Gasteiger partial charge in [0.1, 0.15) is 0 Å². The predicted octanol–water partition coefficient (Wildman–Crippen LogP) is 4.23. The zero-order valence-corrected chi connectivity index (χ0v) is 13.8. The van der Waals surface area contributed by atoms with Gasteiger partial charge < -0.3 is 4.90 Å². The molecule has 0 spiro atoms. The van der Waals surface area contributed by atoms with Crippen LogP contribution in [0.25, 0.3) is 10.2 Å². The van der Waals surface area contributed by atoms with Crippen LogP contribution in [0.2, 0.25) is 0 Å². The molecule has 3 aromatic rings. The molecule has 2 aromatic carbocycles. The number of rotatable bonds is 2. The molecule has 1 saturated heterocycles. The fourth-order valence-electron chi connectivity index (χ4n) is 3.30. The van der Waals surface area contributed by atoms with Crippen molar-refractivity contribution >= 4 is 27.5 Å². The minimum atomic E-state index is 0.136. The molecule has 4 heteroatoms. The average molecular weight is 322 g/mol. The molecule has 1 fully saturated rings. The quantitative estimate of drug-likeness (QED) is 0.707. The maximum absolute atomic E-state index is 12.8. The molecule has 0 bridgehead atoms. The molecule has 0 unspecified atom stereocenters. The van der Waals surface area contributed by atoms with E-state index >= 15 is 0 Å². The van der Waals surface area contributed by atoms with Crippen molar-refractivity contribution in [2.75, 3.05) is 13.1 Å². The molecule has 1 aromatic heterocycles. The van der Waals surface area contributed by atoms with Gasteiger partial charge in [-0.2, -0.15) is 0 Å². The van der Waals surface area contributed by atoms with Gasteiger partial charge in [-0.25, -0.2) is 4.98 Å². The minimum absolute atomic E-state index is 0.136. The highest BCUT2D eigenvalue weighted by molar-refractivity contribution is 7.18. The normalized spacial score (nSPS) is 17.8. The molecule has 3 nitrogen and oxygen atoms in total. The number of likely N-dealkylation sites (tertiary alicyclic amines) is 1. The number of fused-ring (bicyclic) bond motifs is 1. The molecule has 1 aliphatic heterocycles. The van der Waals surface area contributed by atoms with Crippen LogP contribution in [0.15, 0.2) is 48.5 Å². The van der Waals surface area contributed by atoms with Crippen LogP contribution < -0.4 is 0 Å². The minimum Gasteiger partial charge on any atom is -0.338 e. The summed E-state index contributed by atoms with van der Waals surface area (Å²) in [6.45, 7) is 3.64. The number of aromatic nitrogens is 1. The first kappa shape index (κ1) is 14.4. The summed E-state index contributed by atoms with van der Waals surface area (Å²) in [6, 6.07) is 16.3. The molecule has 0 saturated carbocycles. The van der Waals surface area contributed by atoms with E-state index in [0.29, 0.717) is 5.92 Å². The van der Waals surface area contributed by atoms with Gasteiger partial charge in [-0.1, -0.05) is 30.3 Å². The summed E-state index contributed by atoms with van der Waals surface area (Å²) in [5, 5.41) is 1.04. The second-order valence-corrected chi connectivity index (χ2v) is 7.30. The number of amides is 1. The van der Waals surface area contributed by atoms with E-state index in [2.05, 4.69) is 29.2 Å². The number of nitrogens with zero attached hydrogens (tertiary/aromatic N) is 2. The van der Waals surface area contributed by atoms with Gasteiger partial charge >= 0.3 is 0 Å². The van der Waals surface area contributed by atoms with E-state index in [4.69, 9.17) is 0 Å². The van der Waals surface area contributed by atoms with E-state index < -0.39 is 0 Å². The maximum Gasteiger partial charge on any atom is 0.253 e. The van der Waals surface area contributed by atoms with Crippen LogP contribution in [0, 0.1) is 6.92 Å². The Hall–Kier alpha value is -2.20. The van der Waals surface area contributed by atoms with Crippen molar-refractivity contribution in [3.05, 3.63) is 64.7 Å². The van der Waals surface area contributed by atoms with E-state index in [1.165, 1.54) is 5.56 Å². The van der Waals surface area contributed by atoms with Crippen molar-refractivity contribution in [1.29, 1.82) is 0 Å². The van der Waals surface area contributed by atoms with Crippen molar-refractivity contribution in [1.82, 2.24) is 9.88 Å². The number of hydrogen-bond acceptors (Lipinski definition) is 3. The Labute approximate surface area is 139 Å². The maximum atomic E-state index is 12.8. The molecule has 0 radical (unpaired) electrons. The molecule has 2 heterocycles. The SMILES string of the molecule is Cc1nc2ccc(C(=O)N3CC[C@@H](c4ccccc4)C3)cc2s1. The van der Waals surface area contributed by atoms with Gasteiger partial charge in [-0.15, -0.1) is 11.3 Å². The fourth-order valence-corrected chi connectivity index (χ4v) is 4.16. The Morgan fingerprint density at radius 1 is 1.22 bits per heavy atom. The highest BCUT2D eigenvalue weighted by Gasteiger charge is 2.28. The average Bonchev–Trinajstić information content (AvgIpc) is 3.20. The largest absolute Gasteiger partial charge is 0.338 e. The van der Waals surface area contributed by atoms with Gasteiger partial charge in [0.15, 0.2) is 0 Å². The molecule has 1 aliphatic rings. The van der Waals surface area contributed by atoms with Gasteiger partial charge in [0, 0.05) is 24.6 Å². The summed E-state index contributed by atoms with van der Waals surface area (Å²) in [5.74, 6) is 0.589. The molecule has 4 rings (SSSR count). The van der Waals surface area contributed by atoms with Gasteiger partial charge in [0.05, 0.1) is 15.2 Å². The second kappa shape index (κ2) is 5.78. The number of carbonyl (C=O) groups excluding carboxylic acids is 1. The molecule has 1 amide bonds. The molecule has 116 valence electrons. The fraction of sp³-hybridized carbons (Fsp3) is 0.263. The van der Waals surface area contributed by atoms with Gasteiger partial charge in [0.25, 0.3) is 5.91 Å². The predicted molar refractivity (Wildman–Crippen MR) is 94.1 cm³/mol. The summed E-state index contributed by atoms with van der Waals surface area (Å²) < 4.78 is 1.09. The molecular weight excluding hydrogens is 304 g/mol. The highest BCUT2D eigenvalue weighted by atomic mass is 32.1. The summed E-state index contributed by atoms with van der Waals surface area (Å²) in [7, 11) is 0. The summed E-state index contributed by atoms with van der Waals surface area (Å²) >= 11 is 1.64. The van der Waals surface area contributed by atoms with Gasteiger partial charge in [0.2, 0.25) is 0 Å². The molecule has 0 N–H and O–H groups in total. The van der Waals surface area contributed by atoms with Crippen LogP contribution in [0.3, 0.4) is 0 Å². The number of aryl methyl sites for hydroxylation is 1. The monoisotopic (exact) mass is 322 g/mol. The lowest BCUT2D eigenvalue weighted by Crippen LogP contribution is -2.28. The van der Waals surface area contributed by atoms with Crippen LogP contribution in [0.4, 0.5) is 0 Å². The van der Waals surface area contributed by atoms with E-state index in [1.807, 2.05) is 36.1 Å². The van der Waals surface area contributed by atoms with E-state index in [9.17, 15) is 4.79 Å². The van der Waals surface area contributed by atoms with Gasteiger partial charge in [-0.05, 0) is 37.1 Å². The van der Waals surface area contributed by atoms with Crippen LogP contribution in [-0.2, 0) is 0 Å². The van der Waals surface area contributed by atoms with Crippen LogP contribution in [0.5, 0.6) is 0 Å². The molecular formula is C19H18N2OS. The third-order valence-electron chi connectivity index (χ3n) is 4.49. The van der Waals surface area contributed by atoms with Gasteiger partial charge in [-0.3, -0.25) is 4.79 Å². The molecule has 0 aliphatic carbocycles. The topological polar surface area (TPSA) is 33.2 Å². The Bertz CT molecular complexity index is 856. The van der Waals surface area contributed by atoms with Crippen LogP contribution in [0.1, 0.15) is 33.3 Å². The standard InChI is InChI=1S/C19H18N2OS/c1-13-20-17-8-7-15(11-18(17)23-13)19(22)21-10-9-16(12-21)14-5-3-2-4-6-14/h2-8,11,16H,9-10,12H2,1H3/t16-/m1/s1. The zero-order chi connectivity index (χ0) is 15.8. The Morgan fingerprint density at radius 2 is 2.04 bits per heavy atom. The van der Waals surface area contributed by atoms with Crippen LogP contribution in [-0.4, -0.2) is 28.9 Å². The lowest BCUT2D eigenvalue weighted by molar-refractivity contribution is 0.0791. The van der Waals surface area contributed by atoms with E-state index in [-0.39, 0.29) is 5.91 Å². The van der Waals surface area contributed by atoms with Crippen molar-refractivity contribution in [2.45, 2.75) is 19.3 Å². The van der Waals surface area contributed by atoms with Crippen molar-refractivity contribution in [3.63, 3.8) is 0 Å². The van der Waals surface area contributed by atoms with Crippen LogP contribution >= 0.6 is 11.3 Å². The number of thiazole rings is 1. The van der Waals surface area contributed by atoms with E-state index in [1.54, 1.807) is 11.3 Å². The third-order valence-corrected chi connectivity index (χ3v) is 5.42. The molecule has 1 atom stereocenters. The number of hydrogen-bond donors (Lipinski definition) is 0. The first-order valence-corrected chi connectivity index (χ1v) is 8.74. The Balaban J connectivity index is 1.54. The van der Waals surface area contributed by atoms with Crippen molar-refractivity contribution < 1.29 is 4.79 Å². The first-order chi connectivity index (χ1) is 11.2. The zero-order valence-electron chi connectivity index (χ0n) is 13.0. The lowest BCUT2D eigenvalue weighted by Gasteiger charge is -2.17.